The Morgan fingerprint density at radius 1 is 1.12 bits per heavy atom. The number of aromatic amines is 1. The smallest absolute Gasteiger partial charge is 0.272 e. The minimum atomic E-state index is -0.380. The van der Waals surface area contributed by atoms with Crippen molar-refractivity contribution in [2.45, 2.75) is 11.5 Å². The number of anilines is 1. The van der Waals surface area contributed by atoms with Crippen LogP contribution < -0.4 is 15.5 Å². The van der Waals surface area contributed by atoms with Crippen molar-refractivity contribution in [3.05, 3.63) is 88.3 Å². The Balaban J connectivity index is 1.68. The molecule has 2 N–H and O–H groups in total. The molecule has 1 aromatic heterocycles. The molecular formula is C20H18N2O3S. The molecule has 0 atom stereocenters. The van der Waals surface area contributed by atoms with Crippen LogP contribution in [0.2, 0.25) is 0 Å². The molecule has 26 heavy (non-hydrogen) atoms. The molecule has 0 radical (unpaired) electrons. The summed E-state index contributed by atoms with van der Waals surface area (Å²) in [5, 5.41) is 2.77. The highest BCUT2D eigenvalue weighted by Gasteiger charge is 2.10. The number of rotatable bonds is 6. The van der Waals surface area contributed by atoms with Crippen LogP contribution in [0.4, 0.5) is 5.69 Å². The van der Waals surface area contributed by atoms with Crippen LogP contribution in [0, 0.1) is 0 Å². The number of benzene rings is 2. The van der Waals surface area contributed by atoms with E-state index < -0.39 is 0 Å². The average molecular weight is 366 g/mol. The highest BCUT2D eigenvalue weighted by Crippen LogP contribution is 2.19. The van der Waals surface area contributed by atoms with Gasteiger partial charge in [-0.3, -0.25) is 9.59 Å². The number of aromatic nitrogens is 1. The summed E-state index contributed by atoms with van der Waals surface area (Å²) in [5.74, 6) is -0.204. The van der Waals surface area contributed by atoms with Crippen LogP contribution in [0.5, 0.6) is 5.75 Å². The zero-order valence-corrected chi connectivity index (χ0v) is 15.0. The molecule has 0 unspecified atom stereocenters. The molecule has 0 aliphatic rings. The lowest BCUT2D eigenvalue weighted by Gasteiger charge is -2.08. The fourth-order valence-electron chi connectivity index (χ4n) is 2.34. The first-order valence-electron chi connectivity index (χ1n) is 8.00. The number of ether oxygens (including phenoxy) is 1. The van der Waals surface area contributed by atoms with Crippen LogP contribution in [0.25, 0.3) is 0 Å². The molecule has 0 aliphatic heterocycles. The number of amides is 1. The standard InChI is InChI=1S/C20H18N2O3S/c1-26-16-9-5-8-15(10-16)22-20(24)17-11-18(23)19(12-21-17)25-13-14-6-3-2-4-7-14/h2-12H,13H2,1H3,(H,21,23)(H,22,24). The molecule has 1 heterocycles. The Kier molecular flexibility index (Phi) is 5.76. The Morgan fingerprint density at radius 3 is 2.65 bits per heavy atom. The van der Waals surface area contributed by atoms with Crippen molar-refractivity contribution in [3.63, 3.8) is 0 Å². The molecule has 5 nitrogen and oxygen atoms in total. The van der Waals surface area contributed by atoms with Gasteiger partial charge in [-0.1, -0.05) is 36.4 Å². The molecule has 0 fully saturated rings. The zero-order chi connectivity index (χ0) is 18.4. The van der Waals surface area contributed by atoms with E-state index in [1.165, 1.54) is 12.3 Å². The van der Waals surface area contributed by atoms with Gasteiger partial charge in [-0.05, 0) is 30.0 Å². The number of hydrogen-bond acceptors (Lipinski definition) is 4. The Hall–Kier alpha value is -2.99. The van der Waals surface area contributed by atoms with Crippen LogP contribution in [0.3, 0.4) is 0 Å². The van der Waals surface area contributed by atoms with E-state index in [-0.39, 0.29) is 29.4 Å². The normalized spacial score (nSPS) is 10.3. The number of H-pyrrole nitrogens is 1. The summed E-state index contributed by atoms with van der Waals surface area (Å²) >= 11 is 1.59. The molecule has 132 valence electrons. The van der Waals surface area contributed by atoms with Gasteiger partial charge in [0, 0.05) is 22.8 Å². The van der Waals surface area contributed by atoms with Gasteiger partial charge in [0.05, 0.1) is 0 Å². The molecule has 3 rings (SSSR count). The second kappa shape index (κ2) is 8.40. The van der Waals surface area contributed by atoms with Crippen molar-refractivity contribution in [1.82, 2.24) is 4.98 Å². The summed E-state index contributed by atoms with van der Waals surface area (Å²) in [6.45, 7) is 0.289. The highest BCUT2D eigenvalue weighted by atomic mass is 32.2. The molecule has 1 amide bonds. The molecular weight excluding hydrogens is 348 g/mol. The lowest BCUT2D eigenvalue weighted by atomic mass is 10.2. The van der Waals surface area contributed by atoms with E-state index >= 15 is 0 Å². The van der Waals surface area contributed by atoms with Crippen LogP contribution in [-0.2, 0) is 6.61 Å². The number of pyridine rings is 1. The van der Waals surface area contributed by atoms with Crippen molar-refractivity contribution < 1.29 is 9.53 Å². The molecule has 0 saturated carbocycles. The monoisotopic (exact) mass is 366 g/mol. The summed E-state index contributed by atoms with van der Waals surface area (Å²) in [7, 11) is 0. The second-order valence-corrected chi connectivity index (χ2v) is 6.42. The second-order valence-electron chi connectivity index (χ2n) is 5.54. The average Bonchev–Trinajstić information content (AvgIpc) is 2.68. The van der Waals surface area contributed by atoms with Crippen molar-refractivity contribution in [2.75, 3.05) is 11.6 Å². The van der Waals surface area contributed by atoms with Crippen LogP contribution in [-0.4, -0.2) is 17.1 Å². The number of hydrogen-bond donors (Lipinski definition) is 2. The number of carbonyl (C=O) groups is 1. The number of nitrogens with one attached hydrogen (secondary N) is 2. The van der Waals surface area contributed by atoms with Gasteiger partial charge in [-0.15, -0.1) is 11.8 Å². The largest absolute Gasteiger partial charge is 0.483 e. The first-order valence-corrected chi connectivity index (χ1v) is 9.23. The lowest BCUT2D eigenvalue weighted by molar-refractivity contribution is 0.102. The quantitative estimate of drug-likeness (QED) is 0.649. The predicted molar refractivity (Wildman–Crippen MR) is 104 cm³/mol. The number of thioether (sulfide) groups is 1. The fraction of sp³-hybridized carbons (Fsp3) is 0.100. The maximum Gasteiger partial charge on any atom is 0.272 e. The van der Waals surface area contributed by atoms with E-state index in [1.807, 2.05) is 54.8 Å². The van der Waals surface area contributed by atoms with E-state index in [9.17, 15) is 9.59 Å². The third-order valence-electron chi connectivity index (χ3n) is 3.69. The van der Waals surface area contributed by atoms with Gasteiger partial charge in [0.2, 0.25) is 5.43 Å². The van der Waals surface area contributed by atoms with E-state index in [0.29, 0.717) is 5.69 Å². The van der Waals surface area contributed by atoms with E-state index in [1.54, 1.807) is 17.8 Å². The van der Waals surface area contributed by atoms with Gasteiger partial charge in [0.1, 0.15) is 12.3 Å². The molecule has 0 aliphatic carbocycles. The van der Waals surface area contributed by atoms with Crippen molar-refractivity contribution in [2.24, 2.45) is 0 Å². The SMILES string of the molecule is CSc1cccc(NC(=O)c2cc(=O)c(OCc3ccccc3)c[nH]2)c1. The van der Waals surface area contributed by atoms with E-state index in [0.717, 1.165) is 10.5 Å². The molecule has 0 spiro atoms. The van der Waals surface area contributed by atoms with Crippen molar-refractivity contribution in [1.29, 1.82) is 0 Å². The van der Waals surface area contributed by atoms with Gasteiger partial charge in [-0.2, -0.15) is 0 Å². The maximum atomic E-state index is 12.3. The van der Waals surface area contributed by atoms with E-state index in [4.69, 9.17) is 4.74 Å². The highest BCUT2D eigenvalue weighted by molar-refractivity contribution is 7.98. The minimum absolute atomic E-state index is 0.176. The van der Waals surface area contributed by atoms with E-state index in [2.05, 4.69) is 10.3 Å². The zero-order valence-electron chi connectivity index (χ0n) is 14.2. The fourth-order valence-corrected chi connectivity index (χ4v) is 2.80. The topological polar surface area (TPSA) is 71.2 Å². The molecule has 3 aromatic rings. The Morgan fingerprint density at radius 2 is 1.92 bits per heavy atom. The lowest BCUT2D eigenvalue weighted by Crippen LogP contribution is -2.17. The minimum Gasteiger partial charge on any atom is -0.483 e. The van der Waals surface area contributed by atoms with Gasteiger partial charge in [0.25, 0.3) is 5.91 Å². The third kappa shape index (κ3) is 4.55. The van der Waals surface area contributed by atoms with Gasteiger partial charge < -0.3 is 15.0 Å². The van der Waals surface area contributed by atoms with Crippen LogP contribution >= 0.6 is 11.8 Å². The summed E-state index contributed by atoms with van der Waals surface area (Å²) < 4.78 is 5.53. The molecule has 0 bridgehead atoms. The number of carbonyl (C=O) groups excluding carboxylic acids is 1. The molecule has 2 aromatic carbocycles. The third-order valence-corrected chi connectivity index (χ3v) is 4.41. The molecule has 0 saturated heterocycles. The molecule has 6 heteroatoms. The van der Waals surface area contributed by atoms with Gasteiger partial charge in [0.15, 0.2) is 5.75 Å². The first-order chi connectivity index (χ1) is 12.7. The van der Waals surface area contributed by atoms with Crippen molar-refractivity contribution >= 4 is 23.4 Å². The van der Waals surface area contributed by atoms with Gasteiger partial charge >= 0.3 is 0 Å². The Bertz CT molecular complexity index is 955. The van der Waals surface area contributed by atoms with Crippen LogP contribution in [0.15, 0.2) is 76.6 Å². The van der Waals surface area contributed by atoms with Crippen molar-refractivity contribution in [3.8, 4) is 5.75 Å². The maximum absolute atomic E-state index is 12.3. The predicted octanol–water partition coefficient (Wildman–Crippen LogP) is 3.93. The van der Waals surface area contributed by atoms with Crippen LogP contribution in [0.1, 0.15) is 16.1 Å². The summed E-state index contributed by atoms with van der Waals surface area (Å²) in [4.78, 5) is 28.4. The summed E-state index contributed by atoms with van der Waals surface area (Å²) in [6.07, 6.45) is 3.38. The summed E-state index contributed by atoms with van der Waals surface area (Å²) in [5.41, 5.74) is 1.47. The Labute approximate surface area is 155 Å². The first kappa shape index (κ1) is 17.8. The summed E-state index contributed by atoms with van der Waals surface area (Å²) in [6, 6.07) is 18.3. The van der Waals surface area contributed by atoms with Gasteiger partial charge in [-0.25, -0.2) is 0 Å².